The van der Waals surface area contributed by atoms with Crippen LogP contribution in [0.2, 0.25) is 0 Å². The van der Waals surface area contributed by atoms with Gasteiger partial charge in [0.25, 0.3) is 0 Å². The fourth-order valence-corrected chi connectivity index (χ4v) is 2.10. The Balaban J connectivity index is 2.44. The second kappa shape index (κ2) is 4.75. The Kier molecular flexibility index (Phi) is 3.88. The maximum atomic E-state index is 12.9. The van der Waals surface area contributed by atoms with E-state index in [0.717, 1.165) is 0 Å². The molecule has 80 valence electrons. The number of rotatable bonds is 3. The van der Waals surface area contributed by atoms with Crippen LogP contribution in [0.3, 0.4) is 0 Å². The van der Waals surface area contributed by atoms with Gasteiger partial charge in [-0.25, -0.2) is 8.78 Å². The van der Waals surface area contributed by atoms with Crippen molar-refractivity contribution in [2.24, 2.45) is 5.92 Å². The van der Waals surface area contributed by atoms with Crippen LogP contribution in [0.5, 0.6) is 0 Å². The first-order chi connectivity index (χ1) is 6.59. The number of alkyl halides is 2. The Morgan fingerprint density at radius 3 is 2.50 bits per heavy atom. The van der Waals surface area contributed by atoms with Crippen LogP contribution in [0.15, 0.2) is 0 Å². The van der Waals surface area contributed by atoms with Gasteiger partial charge >= 0.3 is 0 Å². The summed E-state index contributed by atoms with van der Waals surface area (Å²) in [5.41, 5.74) is 0. The van der Waals surface area contributed by atoms with Crippen molar-refractivity contribution in [3.63, 3.8) is 0 Å². The molecule has 1 nitrogen and oxygen atoms in total. The highest BCUT2D eigenvalue weighted by atomic mass is 19.3. The predicted molar refractivity (Wildman–Crippen MR) is 53.2 cm³/mol. The third-order valence-electron chi connectivity index (χ3n) is 3.04. The molecule has 1 fully saturated rings. The lowest BCUT2D eigenvalue weighted by Gasteiger charge is -2.32. The SMILES string of the molecule is C#CCC(NC)C1CCC(F)(F)CC1. The van der Waals surface area contributed by atoms with E-state index < -0.39 is 5.92 Å². The molecule has 0 saturated heterocycles. The first-order valence-electron chi connectivity index (χ1n) is 5.07. The summed E-state index contributed by atoms with van der Waals surface area (Å²) >= 11 is 0. The van der Waals surface area contributed by atoms with Crippen LogP contribution in [0.4, 0.5) is 8.78 Å². The third kappa shape index (κ3) is 2.95. The van der Waals surface area contributed by atoms with E-state index in [-0.39, 0.29) is 18.9 Å². The number of nitrogens with one attached hydrogen (secondary N) is 1. The number of terminal acetylenes is 1. The number of hydrogen-bond acceptors (Lipinski definition) is 1. The summed E-state index contributed by atoms with van der Waals surface area (Å²) in [4.78, 5) is 0. The molecule has 3 heteroatoms. The number of hydrogen-bond donors (Lipinski definition) is 1. The molecule has 0 amide bonds. The molecule has 1 saturated carbocycles. The van der Waals surface area contributed by atoms with E-state index in [1.165, 1.54) is 0 Å². The summed E-state index contributed by atoms with van der Waals surface area (Å²) in [5.74, 6) is 0.463. The molecule has 1 atom stereocenters. The third-order valence-corrected chi connectivity index (χ3v) is 3.04. The molecule has 1 aliphatic carbocycles. The van der Waals surface area contributed by atoms with E-state index in [9.17, 15) is 8.78 Å². The van der Waals surface area contributed by atoms with Crippen LogP contribution < -0.4 is 5.32 Å². The van der Waals surface area contributed by atoms with Crippen molar-refractivity contribution in [2.45, 2.75) is 44.1 Å². The molecule has 0 aromatic rings. The van der Waals surface area contributed by atoms with Crippen LogP contribution in [0, 0.1) is 18.3 Å². The molecule has 0 bridgehead atoms. The molecule has 1 unspecified atom stereocenters. The summed E-state index contributed by atoms with van der Waals surface area (Å²) < 4.78 is 25.7. The first kappa shape index (κ1) is 11.5. The van der Waals surface area contributed by atoms with E-state index in [2.05, 4.69) is 11.2 Å². The maximum absolute atomic E-state index is 12.9. The van der Waals surface area contributed by atoms with E-state index in [1.807, 2.05) is 7.05 Å². The van der Waals surface area contributed by atoms with Gasteiger partial charge in [-0.05, 0) is 25.8 Å². The summed E-state index contributed by atoms with van der Waals surface area (Å²) in [6, 6.07) is 0.205. The molecule has 0 aromatic heterocycles. The standard InChI is InChI=1S/C11H17F2N/c1-3-4-10(14-2)9-5-7-11(12,13)8-6-9/h1,9-10,14H,4-8H2,2H3. The van der Waals surface area contributed by atoms with Crippen molar-refractivity contribution in [3.05, 3.63) is 0 Å². The smallest absolute Gasteiger partial charge is 0.248 e. The van der Waals surface area contributed by atoms with E-state index in [0.29, 0.717) is 25.2 Å². The van der Waals surface area contributed by atoms with Crippen LogP contribution in [0.25, 0.3) is 0 Å². The Bertz CT molecular complexity index is 210. The Labute approximate surface area is 84.3 Å². The average molecular weight is 201 g/mol. The zero-order chi connectivity index (χ0) is 10.6. The molecule has 1 aliphatic rings. The highest BCUT2D eigenvalue weighted by molar-refractivity contribution is 4.94. The average Bonchev–Trinajstić information content (AvgIpc) is 2.15. The second-order valence-electron chi connectivity index (χ2n) is 4.00. The number of halogens is 2. The highest BCUT2D eigenvalue weighted by Gasteiger charge is 2.36. The maximum Gasteiger partial charge on any atom is 0.248 e. The van der Waals surface area contributed by atoms with Gasteiger partial charge in [0, 0.05) is 25.3 Å². The topological polar surface area (TPSA) is 12.0 Å². The fraction of sp³-hybridized carbons (Fsp3) is 0.818. The van der Waals surface area contributed by atoms with Gasteiger partial charge < -0.3 is 5.32 Å². The molecule has 0 spiro atoms. The quantitative estimate of drug-likeness (QED) is 0.691. The van der Waals surface area contributed by atoms with Crippen molar-refractivity contribution in [2.75, 3.05) is 7.05 Å². The largest absolute Gasteiger partial charge is 0.316 e. The van der Waals surface area contributed by atoms with Crippen LogP contribution in [-0.2, 0) is 0 Å². The Hall–Kier alpha value is -0.620. The van der Waals surface area contributed by atoms with E-state index in [1.54, 1.807) is 0 Å². The highest BCUT2D eigenvalue weighted by Crippen LogP contribution is 2.37. The van der Waals surface area contributed by atoms with E-state index in [4.69, 9.17) is 6.42 Å². The van der Waals surface area contributed by atoms with Crippen molar-refractivity contribution < 1.29 is 8.78 Å². The van der Waals surface area contributed by atoms with Gasteiger partial charge in [0.15, 0.2) is 0 Å². The van der Waals surface area contributed by atoms with Crippen LogP contribution in [0.1, 0.15) is 32.1 Å². The minimum atomic E-state index is -2.44. The van der Waals surface area contributed by atoms with Crippen molar-refractivity contribution in [1.82, 2.24) is 5.32 Å². The Morgan fingerprint density at radius 1 is 1.50 bits per heavy atom. The van der Waals surface area contributed by atoms with Gasteiger partial charge in [0.2, 0.25) is 5.92 Å². The minimum Gasteiger partial charge on any atom is -0.316 e. The van der Waals surface area contributed by atoms with Gasteiger partial charge in [-0.1, -0.05) is 0 Å². The predicted octanol–water partition coefficient (Wildman–Crippen LogP) is 2.42. The van der Waals surface area contributed by atoms with Gasteiger partial charge in [-0.2, -0.15) is 0 Å². The lowest BCUT2D eigenvalue weighted by atomic mass is 9.81. The van der Waals surface area contributed by atoms with Gasteiger partial charge in [-0.15, -0.1) is 12.3 Å². The first-order valence-corrected chi connectivity index (χ1v) is 5.07. The van der Waals surface area contributed by atoms with Crippen LogP contribution in [-0.4, -0.2) is 19.0 Å². The van der Waals surface area contributed by atoms with E-state index >= 15 is 0 Å². The fourth-order valence-electron chi connectivity index (χ4n) is 2.10. The van der Waals surface area contributed by atoms with Crippen molar-refractivity contribution in [1.29, 1.82) is 0 Å². The van der Waals surface area contributed by atoms with Gasteiger partial charge in [-0.3, -0.25) is 0 Å². The summed E-state index contributed by atoms with van der Waals surface area (Å²) in [5, 5.41) is 3.11. The lowest BCUT2D eigenvalue weighted by molar-refractivity contribution is -0.0491. The van der Waals surface area contributed by atoms with Gasteiger partial charge in [0.1, 0.15) is 0 Å². The van der Waals surface area contributed by atoms with Crippen molar-refractivity contribution >= 4 is 0 Å². The molecule has 14 heavy (non-hydrogen) atoms. The zero-order valence-corrected chi connectivity index (χ0v) is 8.52. The molecular weight excluding hydrogens is 184 g/mol. The molecular formula is C11H17F2N. The molecule has 0 aliphatic heterocycles. The monoisotopic (exact) mass is 201 g/mol. The minimum absolute atomic E-state index is 0.0143. The zero-order valence-electron chi connectivity index (χ0n) is 8.52. The van der Waals surface area contributed by atoms with Gasteiger partial charge in [0.05, 0.1) is 0 Å². The lowest BCUT2D eigenvalue weighted by Crippen LogP contribution is -2.37. The normalized spacial score (nSPS) is 24.1. The molecule has 0 heterocycles. The summed E-state index contributed by atoms with van der Waals surface area (Å²) in [7, 11) is 1.84. The van der Waals surface area contributed by atoms with Crippen molar-refractivity contribution in [3.8, 4) is 12.3 Å². The Morgan fingerprint density at radius 2 is 2.07 bits per heavy atom. The molecule has 0 radical (unpaired) electrons. The summed E-state index contributed by atoms with van der Waals surface area (Å²) in [6.45, 7) is 0. The van der Waals surface area contributed by atoms with Crippen LogP contribution >= 0.6 is 0 Å². The molecule has 1 rings (SSSR count). The summed E-state index contributed by atoms with van der Waals surface area (Å²) in [6.07, 6.45) is 7.05. The molecule has 1 N–H and O–H groups in total. The molecule has 0 aromatic carbocycles. The second-order valence-corrected chi connectivity index (χ2v) is 4.00.